The minimum atomic E-state index is -0.857. The van der Waals surface area contributed by atoms with Crippen molar-refractivity contribution in [2.75, 3.05) is 5.32 Å². The molecule has 200 valence electrons. The Morgan fingerprint density at radius 1 is 1.05 bits per heavy atom. The fraction of sp³-hybridized carbons (Fsp3) is 0.214. The van der Waals surface area contributed by atoms with Crippen LogP contribution < -0.4 is 20.7 Å². The molecule has 0 radical (unpaired) electrons. The predicted molar refractivity (Wildman–Crippen MR) is 135 cm³/mol. The Morgan fingerprint density at radius 3 is 2.59 bits per heavy atom. The van der Waals surface area contributed by atoms with Crippen LogP contribution >= 0.6 is 0 Å². The zero-order chi connectivity index (χ0) is 27.5. The molecule has 2 aliphatic rings. The summed E-state index contributed by atoms with van der Waals surface area (Å²) in [4.78, 5) is 50.0. The number of nitrogens with zero attached hydrogens (tertiary/aromatic N) is 1. The minimum Gasteiger partial charge on any atom is -0.486 e. The Balaban J connectivity index is 1.17. The number of nitrogens with one attached hydrogen (secondary N) is 3. The van der Waals surface area contributed by atoms with Gasteiger partial charge < -0.3 is 20.3 Å². The zero-order valence-electron chi connectivity index (χ0n) is 20.6. The van der Waals surface area contributed by atoms with Crippen molar-refractivity contribution in [3.05, 3.63) is 94.6 Å². The maximum absolute atomic E-state index is 15.2. The molecule has 3 aromatic carbocycles. The molecule has 5 rings (SSSR count). The van der Waals surface area contributed by atoms with Crippen LogP contribution in [0.1, 0.15) is 39.9 Å². The van der Waals surface area contributed by atoms with Gasteiger partial charge in [-0.2, -0.15) is 0 Å². The number of benzene rings is 3. The highest BCUT2D eigenvalue weighted by molar-refractivity contribution is 6.05. The molecule has 0 aliphatic carbocycles. The van der Waals surface area contributed by atoms with E-state index < -0.39 is 41.4 Å². The summed E-state index contributed by atoms with van der Waals surface area (Å²) < 4.78 is 35.2. The quantitative estimate of drug-likeness (QED) is 0.401. The summed E-state index contributed by atoms with van der Waals surface area (Å²) >= 11 is 0. The number of rotatable bonds is 7. The second-order valence-electron chi connectivity index (χ2n) is 9.19. The van der Waals surface area contributed by atoms with Crippen LogP contribution in [-0.4, -0.2) is 34.7 Å². The average molecular weight is 535 g/mol. The monoisotopic (exact) mass is 534 g/mol. The van der Waals surface area contributed by atoms with E-state index in [1.165, 1.54) is 29.2 Å². The largest absolute Gasteiger partial charge is 0.486 e. The van der Waals surface area contributed by atoms with Gasteiger partial charge in [0.05, 0.1) is 6.54 Å². The number of imide groups is 1. The second-order valence-corrected chi connectivity index (χ2v) is 9.19. The van der Waals surface area contributed by atoms with Gasteiger partial charge in [0, 0.05) is 41.4 Å². The normalized spacial score (nSPS) is 16.5. The van der Waals surface area contributed by atoms with E-state index in [4.69, 9.17) is 4.74 Å². The molecular formula is C28H24F2N4O5. The highest BCUT2D eigenvalue weighted by atomic mass is 19.1. The van der Waals surface area contributed by atoms with Gasteiger partial charge in [-0.3, -0.25) is 19.7 Å². The van der Waals surface area contributed by atoms with Gasteiger partial charge in [-0.25, -0.2) is 13.6 Å². The third-order valence-corrected chi connectivity index (χ3v) is 6.60. The van der Waals surface area contributed by atoms with Crippen molar-refractivity contribution in [2.45, 2.75) is 38.6 Å². The number of anilines is 1. The van der Waals surface area contributed by atoms with E-state index in [0.717, 1.165) is 11.6 Å². The molecule has 3 N–H and O–H groups in total. The molecule has 1 saturated heterocycles. The smallest absolute Gasteiger partial charge is 0.319 e. The van der Waals surface area contributed by atoms with Gasteiger partial charge in [0.2, 0.25) is 11.8 Å². The van der Waals surface area contributed by atoms with E-state index in [1.807, 2.05) is 30.3 Å². The lowest BCUT2D eigenvalue weighted by Crippen LogP contribution is -2.52. The summed E-state index contributed by atoms with van der Waals surface area (Å²) in [6.45, 7) is -0.128. The Kier molecular flexibility index (Phi) is 7.22. The lowest BCUT2D eigenvalue weighted by molar-refractivity contribution is -0.136. The number of halogens is 2. The van der Waals surface area contributed by atoms with Crippen molar-refractivity contribution in [1.29, 1.82) is 0 Å². The SMILES string of the molecule is O=C1CCC(N2Cc3c(ccc(CNC(=O)Nc4ccc(OCc5ccccc5)c(F)c4)c3F)C2=O)C(=O)N1. The van der Waals surface area contributed by atoms with Crippen LogP contribution in [0.5, 0.6) is 5.75 Å². The van der Waals surface area contributed by atoms with Gasteiger partial charge in [0.15, 0.2) is 11.6 Å². The number of piperidine rings is 1. The summed E-state index contributed by atoms with van der Waals surface area (Å²) in [6, 6.07) is 14.6. The molecule has 0 saturated carbocycles. The van der Waals surface area contributed by atoms with Crippen molar-refractivity contribution in [2.24, 2.45) is 0 Å². The first kappa shape index (κ1) is 25.8. The fourth-order valence-electron chi connectivity index (χ4n) is 4.57. The lowest BCUT2D eigenvalue weighted by atomic mass is 10.0. The molecule has 1 fully saturated rings. The maximum Gasteiger partial charge on any atom is 0.319 e. The first-order valence-corrected chi connectivity index (χ1v) is 12.3. The van der Waals surface area contributed by atoms with Gasteiger partial charge in [-0.1, -0.05) is 36.4 Å². The van der Waals surface area contributed by atoms with Crippen LogP contribution in [0.2, 0.25) is 0 Å². The highest BCUT2D eigenvalue weighted by Gasteiger charge is 2.40. The molecule has 0 bridgehead atoms. The topological polar surface area (TPSA) is 117 Å². The number of amides is 5. The number of urea groups is 1. The number of carbonyl (C=O) groups excluding carboxylic acids is 4. The van der Waals surface area contributed by atoms with Gasteiger partial charge >= 0.3 is 6.03 Å². The first-order chi connectivity index (χ1) is 18.8. The summed E-state index contributed by atoms with van der Waals surface area (Å²) in [5.74, 6) is -2.77. The number of ether oxygens (including phenoxy) is 1. The third kappa shape index (κ3) is 5.57. The Morgan fingerprint density at radius 2 is 1.85 bits per heavy atom. The third-order valence-electron chi connectivity index (χ3n) is 6.60. The molecule has 0 spiro atoms. The number of hydrogen-bond acceptors (Lipinski definition) is 5. The van der Waals surface area contributed by atoms with Crippen molar-refractivity contribution in [1.82, 2.24) is 15.5 Å². The molecule has 9 nitrogen and oxygen atoms in total. The van der Waals surface area contributed by atoms with E-state index in [0.29, 0.717) is 0 Å². The average Bonchev–Trinajstić information content (AvgIpc) is 3.25. The van der Waals surface area contributed by atoms with Crippen molar-refractivity contribution in [3.63, 3.8) is 0 Å². The molecule has 1 unspecified atom stereocenters. The molecule has 2 heterocycles. The number of fused-ring (bicyclic) bond motifs is 1. The molecule has 1 atom stereocenters. The van der Waals surface area contributed by atoms with Crippen LogP contribution in [0.15, 0.2) is 60.7 Å². The Labute approximate surface area is 222 Å². The summed E-state index contributed by atoms with van der Waals surface area (Å²) in [5, 5.41) is 7.20. The molecule has 3 aromatic rings. The molecule has 2 aliphatic heterocycles. The molecule has 5 amide bonds. The van der Waals surface area contributed by atoms with Crippen LogP contribution in [0.4, 0.5) is 19.3 Å². The summed E-state index contributed by atoms with van der Waals surface area (Å²) in [5.41, 5.74) is 1.45. The van der Waals surface area contributed by atoms with E-state index in [1.54, 1.807) is 0 Å². The van der Waals surface area contributed by atoms with Crippen LogP contribution in [0.3, 0.4) is 0 Å². The fourth-order valence-corrected chi connectivity index (χ4v) is 4.57. The number of carbonyl (C=O) groups is 4. The van der Waals surface area contributed by atoms with Crippen molar-refractivity contribution < 1.29 is 32.7 Å². The van der Waals surface area contributed by atoms with Crippen LogP contribution in [0.25, 0.3) is 0 Å². The highest BCUT2D eigenvalue weighted by Crippen LogP contribution is 2.31. The predicted octanol–water partition coefficient (Wildman–Crippen LogP) is 3.63. The standard InChI is InChI=1S/C28H24F2N4O5/c29-21-12-18(7-10-23(21)39-15-16-4-2-1-3-5-16)32-28(38)31-13-17-6-8-19-20(25(17)30)14-34(27(19)37)22-9-11-24(35)33-26(22)36/h1-8,10,12,22H,9,11,13-15H2,(H2,31,32,38)(H,33,35,36). The lowest BCUT2D eigenvalue weighted by Gasteiger charge is -2.29. The van der Waals surface area contributed by atoms with Crippen molar-refractivity contribution >= 4 is 29.4 Å². The summed E-state index contributed by atoms with van der Waals surface area (Å²) in [7, 11) is 0. The Hall–Kier alpha value is -4.80. The maximum atomic E-state index is 15.2. The molecule has 11 heteroatoms. The van der Waals surface area contributed by atoms with E-state index in [-0.39, 0.29) is 60.7 Å². The molecular weight excluding hydrogens is 510 g/mol. The van der Waals surface area contributed by atoms with Gasteiger partial charge in [0.1, 0.15) is 18.5 Å². The van der Waals surface area contributed by atoms with E-state index in [9.17, 15) is 23.6 Å². The van der Waals surface area contributed by atoms with Gasteiger partial charge in [0.25, 0.3) is 5.91 Å². The second kappa shape index (κ2) is 10.9. The number of hydrogen-bond donors (Lipinski definition) is 3. The zero-order valence-corrected chi connectivity index (χ0v) is 20.6. The molecule has 39 heavy (non-hydrogen) atoms. The minimum absolute atomic E-state index is 0.0333. The van der Waals surface area contributed by atoms with Gasteiger partial charge in [-0.05, 0) is 30.2 Å². The van der Waals surface area contributed by atoms with Crippen LogP contribution in [0, 0.1) is 11.6 Å². The van der Waals surface area contributed by atoms with E-state index >= 15 is 4.39 Å². The Bertz CT molecular complexity index is 1460. The van der Waals surface area contributed by atoms with E-state index in [2.05, 4.69) is 16.0 Å². The molecule has 0 aromatic heterocycles. The van der Waals surface area contributed by atoms with Crippen LogP contribution in [-0.2, 0) is 29.3 Å². The van der Waals surface area contributed by atoms with Crippen molar-refractivity contribution in [3.8, 4) is 5.75 Å². The first-order valence-electron chi connectivity index (χ1n) is 12.3. The summed E-state index contributed by atoms with van der Waals surface area (Å²) in [6.07, 6.45) is 0.262. The van der Waals surface area contributed by atoms with Gasteiger partial charge in [-0.15, -0.1) is 0 Å².